The van der Waals surface area contributed by atoms with Gasteiger partial charge in [0.15, 0.2) is 0 Å². The molecule has 1 saturated carbocycles. The molecule has 0 amide bonds. The Morgan fingerprint density at radius 2 is 1.89 bits per heavy atom. The number of rotatable bonds is 2. The number of hydrogen-bond donors (Lipinski definition) is 2. The van der Waals surface area contributed by atoms with Gasteiger partial charge in [0.25, 0.3) is 0 Å². The van der Waals surface area contributed by atoms with Crippen molar-refractivity contribution in [1.82, 2.24) is 0 Å². The van der Waals surface area contributed by atoms with E-state index >= 15 is 0 Å². The van der Waals surface area contributed by atoms with Gasteiger partial charge in [-0.25, -0.2) is 0 Å². The highest BCUT2D eigenvalue weighted by molar-refractivity contribution is 9.11. The number of nitrogens with zero attached hydrogens (tertiary/aromatic N) is 1. The average Bonchev–Trinajstić information content (AvgIpc) is 2.34. The third-order valence-corrected chi connectivity index (χ3v) is 4.85. The molecule has 0 unspecified atom stereocenters. The highest BCUT2D eigenvalue weighted by Gasteiger charge is 2.17. The first-order valence-corrected chi connectivity index (χ1v) is 8.12. The van der Waals surface area contributed by atoms with Crippen LogP contribution >= 0.6 is 44.5 Å². The summed E-state index contributed by atoms with van der Waals surface area (Å²) in [6.45, 7) is 0. The van der Waals surface area contributed by atoms with E-state index in [2.05, 4.69) is 49.5 Å². The molecule has 0 aromatic heterocycles. The molecule has 0 aliphatic heterocycles. The van der Waals surface area contributed by atoms with Crippen molar-refractivity contribution in [1.29, 1.82) is 0 Å². The van der Waals surface area contributed by atoms with Gasteiger partial charge in [-0.3, -0.25) is 4.99 Å². The molecular formula is C13H16Br2N2S. The van der Waals surface area contributed by atoms with Crippen LogP contribution in [-0.4, -0.2) is 17.5 Å². The van der Waals surface area contributed by atoms with Crippen molar-refractivity contribution in [2.45, 2.75) is 37.0 Å². The van der Waals surface area contributed by atoms with Crippen molar-refractivity contribution in [3.8, 4) is 0 Å². The Bertz CT molecular complexity index is 455. The molecule has 1 aromatic rings. The van der Waals surface area contributed by atoms with Crippen LogP contribution in [0.2, 0.25) is 0 Å². The molecule has 2 N–H and O–H groups in total. The number of anilines is 1. The zero-order valence-corrected chi connectivity index (χ0v) is 14.0. The van der Waals surface area contributed by atoms with Crippen molar-refractivity contribution in [2.24, 2.45) is 4.99 Å². The summed E-state index contributed by atoms with van der Waals surface area (Å²) in [5.41, 5.74) is 7.72. The van der Waals surface area contributed by atoms with Gasteiger partial charge in [0.2, 0.25) is 0 Å². The molecular weight excluding hydrogens is 376 g/mol. The lowest BCUT2D eigenvalue weighted by molar-refractivity contribution is 0.455. The van der Waals surface area contributed by atoms with E-state index in [9.17, 15) is 0 Å². The van der Waals surface area contributed by atoms with E-state index in [1.165, 1.54) is 0 Å². The van der Waals surface area contributed by atoms with E-state index < -0.39 is 0 Å². The summed E-state index contributed by atoms with van der Waals surface area (Å²) < 4.78 is 1.90. The van der Waals surface area contributed by atoms with Crippen molar-refractivity contribution in [3.63, 3.8) is 0 Å². The molecule has 98 valence electrons. The van der Waals surface area contributed by atoms with Crippen LogP contribution in [0.1, 0.15) is 31.2 Å². The van der Waals surface area contributed by atoms with Crippen molar-refractivity contribution in [3.05, 3.63) is 26.6 Å². The number of thiol groups is 1. The maximum absolute atomic E-state index is 6.02. The molecule has 0 atom stereocenters. The fourth-order valence-corrected chi connectivity index (χ4v) is 3.66. The minimum Gasteiger partial charge on any atom is -0.397 e. The molecule has 0 saturated heterocycles. The fourth-order valence-electron chi connectivity index (χ4n) is 2.10. The van der Waals surface area contributed by atoms with E-state index in [4.69, 9.17) is 5.73 Å². The third kappa shape index (κ3) is 3.75. The Labute approximate surface area is 130 Å². The summed E-state index contributed by atoms with van der Waals surface area (Å²) in [6, 6.07) is 4.36. The number of nitrogens with two attached hydrogens (primary N) is 1. The monoisotopic (exact) mass is 390 g/mol. The maximum atomic E-state index is 6.02. The molecule has 0 heterocycles. The molecule has 0 bridgehead atoms. The zero-order chi connectivity index (χ0) is 13.1. The summed E-state index contributed by atoms with van der Waals surface area (Å²) in [4.78, 5) is 4.65. The van der Waals surface area contributed by atoms with E-state index in [0.29, 0.717) is 11.3 Å². The van der Waals surface area contributed by atoms with Crippen LogP contribution in [0.15, 0.2) is 26.1 Å². The normalized spacial score (nSPS) is 24.6. The average molecular weight is 392 g/mol. The van der Waals surface area contributed by atoms with Crippen molar-refractivity contribution >= 4 is 56.4 Å². The lowest BCUT2D eigenvalue weighted by atomic mass is 9.95. The number of aliphatic imine (C=N–C) groups is 1. The lowest BCUT2D eigenvalue weighted by Crippen LogP contribution is -2.17. The molecule has 18 heavy (non-hydrogen) atoms. The fraction of sp³-hybridized carbons (Fsp3) is 0.462. The molecule has 0 radical (unpaired) electrons. The summed E-state index contributed by atoms with van der Waals surface area (Å²) in [7, 11) is 0. The highest BCUT2D eigenvalue weighted by atomic mass is 79.9. The molecule has 2 nitrogen and oxygen atoms in total. The second-order valence-electron chi connectivity index (χ2n) is 4.63. The molecule has 1 aromatic carbocycles. The molecule has 2 rings (SSSR count). The van der Waals surface area contributed by atoms with E-state index in [1.807, 2.05) is 18.3 Å². The van der Waals surface area contributed by atoms with Gasteiger partial charge in [-0.15, -0.1) is 0 Å². The van der Waals surface area contributed by atoms with Crippen molar-refractivity contribution in [2.75, 3.05) is 5.73 Å². The minimum atomic E-state index is 0.422. The van der Waals surface area contributed by atoms with Gasteiger partial charge in [0, 0.05) is 26.0 Å². The molecule has 1 aliphatic carbocycles. The highest BCUT2D eigenvalue weighted by Crippen LogP contribution is 2.28. The molecule has 0 spiro atoms. The lowest BCUT2D eigenvalue weighted by Gasteiger charge is -2.22. The van der Waals surface area contributed by atoms with Crippen LogP contribution in [0.3, 0.4) is 0 Å². The van der Waals surface area contributed by atoms with Gasteiger partial charge in [0.1, 0.15) is 0 Å². The minimum absolute atomic E-state index is 0.422. The van der Waals surface area contributed by atoms with Crippen LogP contribution in [0.4, 0.5) is 5.69 Å². The first-order chi connectivity index (χ1) is 8.56. The molecule has 5 heteroatoms. The van der Waals surface area contributed by atoms with Crippen LogP contribution in [-0.2, 0) is 0 Å². The summed E-state index contributed by atoms with van der Waals surface area (Å²) >= 11 is 11.4. The van der Waals surface area contributed by atoms with Crippen LogP contribution < -0.4 is 5.73 Å². The Hall–Kier alpha value is -0.000000000000000111. The van der Waals surface area contributed by atoms with Crippen LogP contribution in [0.25, 0.3) is 0 Å². The third-order valence-electron chi connectivity index (χ3n) is 3.22. The van der Waals surface area contributed by atoms with Gasteiger partial charge in [-0.1, -0.05) is 15.9 Å². The van der Waals surface area contributed by atoms with Crippen LogP contribution in [0, 0.1) is 0 Å². The van der Waals surface area contributed by atoms with Gasteiger partial charge < -0.3 is 5.73 Å². The predicted molar refractivity (Wildman–Crippen MR) is 88.9 cm³/mol. The van der Waals surface area contributed by atoms with Gasteiger partial charge in [0.05, 0.1) is 11.7 Å². The SMILES string of the molecule is Nc1c(Br)cc(Br)cc1/C=N/[C@H]1CC[C@H](S)CC1. The van der Waals surface area contributed by atoms with Crippen molar-refractivity contribution < 1.29 is 0 Å². The molecule has 1 aliphatic rings. The van der Waals surface area contributed by atoms with Gasteiger partial charge in [-0.2, -0.15) is 12.6 Å². The Morgan fingerprint density at radius 1 is 1.22 bits per heavy atom. The number of hydrogen-bond acceptors (Lipinski definition) is 3. The summed E-state index contributed by atoms with van der Waals surface area (Å²) in [5, 5.41) is 0.557. The number of halogens is 2. The first-order valence-electron chi connectivity index (χ1n) is 6.02. The molecule has 1 fully saturated rings. The maximum Gasteiger partial charge on any atom is 0.0548 e. The Kier molecular flexibility index (Phi) is 5.15. The quantitative estimate of drug-likeness (QED) is 0.436. The number of benzene rings is 1. The van der Waals surface area contributed by atoms with Crippen LogP contribution in [0.5, 0.6) is 0 Å². The summed E-state index contributed by atoms with van der Waals surface area (Å²) in [5.74, 6) is 0. The summed E-state index contributed by atoms with van der Waals surface area (Å²) in [6.07, 6.45) is 6.46. The second kappa shape index (κ2) is 6.44. The van der Waals surface area contributed by atoms with E-state index in [0.717, 1.165) is 45.9 Å². The first kappa shape index (κ1) is 14.4. The Morgan fingerprint density at radius 3 is 2.56 bits per heavy atom. The second-order valence-corrected chi connectivity index (χ2v) is 7.13. The van der Waals surface area contributed by atoms with Gasteiger partial charge >= 0.3 is 0 Å². The smallest absolute Gasteiger partial charge is 0.0548 e. The van der Waals surface area contributed by atoms with E-state index in [1.54, 1.807) is 0 Å². The number of nitrogen functional groups attached to an aromatic ring is 1. The largest absolute Gasteiger partial charge is 0.397 e. The Balaban J connectivity index is 2.09. The predicted octanol–water partition coefficient (Wildman–Crippen LogP) is 4.45. The zero-order valence-electron chi connectivity index (χ0n) is 9.94. The standard InChI is InChI=1S/C13H16Br2N2S/c14-9-5-8(13(16)12(15)6-9)7-17-10-1-3-11(18)4-2-10/h5-7,10-11,18H,1-4,16H2/b17-7+/t10-,11-. The van der Waals surface area contributed by atoms with E-state index in [-0.39, 0.29) is 0 Å². The topological polar surface area (TPSA) is 38.4 Å². The van der Waals surface area contributed by atoms with Gasteiger partial charge in [-0.05, 0) is 53.7 Å².